The highest BCUT2D eigenvalue weighted by Gasteiger charge is 2.74. The van der Waals surface area contributed by atoms with Crippen LogP contribution >= 0.6 is 0 Å². The van der Waals surface area contributed by atoms with Crippen LogP contribution in [0, 0.1) is 0 Å². The van der Waals surface area contributed by atoms with Crippen LogP contribution in [0.3, 0.4) is 0 Å². The highest BCUT2D eigenvalue weighted by atomic mass is 32.2. The van der Waals surface area contributed by atoms with E-state index in [1.54, 1.807) is 61.5 Å². The second-order valence-electron chi connectivity index (χ2n) is 11.8. The Morgan fingerprint density at radius 3 is 2.50 bits per heavy atom. The molecule has 218 valence electrons. The number of carbonyl (C=O) groups is 1. The van der Waals surface area contributed by atoms with E-state index < -0.39 is 33.2 Å². The molecule has 3 aromatic carbocycles. The van der Waals surface area contributed by atoms with Crippen LogP contribution in [0.2, 0.25) is 0 Å². The number of hydrogen-bond donors (Lipinski definition) is 1. The summed E-state index contributed by atoms with van der Waals surface area (Å²) >= 11 is 0. The number of benzene rings is 3. The van der Waals surface area contributed by atoms with Crippen molar-refractivity contribution >= 4 is 22.0 Å². The van der Waals surface area contributed by atoms with Crippen molar-refractivity contribution in [3.05, 3.63) is 95.6 Å². The molecule has 1 amide bonds. The van der Waals surface area contributed by atoms with E-state index in [1.807, 2.05) is 42.5 Å². The molecule has 0 radical (unpaired) electrons. The summed E-state index contributed by atoms with van der Waals surface area (Å²) in [6.07, 6.45) is 4.33. The van der Waals surface area contributed by atoms with Crippen molar-refractivity contribution in [3.8, 4) is 11.5 Å². The summed E-state index contributed by atoms with van der Waals surface area (Å²) in [6.45, 7) is 0.235. The third-order valence-electron chi connectivity index (χ3n) is 10.00. The van der Waals surface area contributed by atoms with Crippen LogP contribution in [-0.2, 0) is 26.7 Å². The SMILES string of the molecule is COc1ccc2c3c1O[C@H]1[C@H](N(C)C(=O)/C=C\c4ccccc4)CC[C@@]4(O)[C@@H](C2)N(S(=O)(=O)c2ccccc2)CC[C@]314. The van der Waals surface area contributed by atoms with E-state index in [-0.39, 0.29) is 23.4 Å². The molecule has 2 fully saturated rings. The number of sulfonamides is 1. The smallest absolute Gasteiger partial charge is 0.246 e. The molecule has 5 atom stereocenters. The lowest BCUT2D eigenvalue weighted by atomic mass is 9.48. The van der Waals surface area contributed by atoms with Gasteiger partial charge in [0.2, 0.25) is 15.9 Å². The van der Waals surface area contributed by atoms with Gasteiger partial charge in [0.05, 0.1) is 35.1 Å². The first kappa shape index (κ1) is 27.2. The largest absolute Gasteiger partial charge is 0.493 e. The van der Waals surface area contributed by atoms with Crippen LogP contribution in [0.15, 0.2) is 83.8 Å². The molecule has 1 N–H and O–H groups in total. The van der Waals surface area contributed by atoms with Crippen molar-refractivity contribution in [1.82, 2.24) is 9.21 Å². The monoisotopic (exact) mass is 586 g/mol. The predicted octanol–water partition coefficient (Wildman–Crippen LogP) is 3.78. The molecule has 1 saturated carbocycles. The Hall–Kier alpha value is -3.66. The van der Waals surface area contributed by atoms with Gasteiger partial charge in [-0.15, -0.1) is 0 Å². The van der Waals surface area contributed by atoms with Gasteiger partial charge in [-0.1, -0.05) is 54.6 Å². The number of rotatable bonds is 6. The maximum absolute atomic E-state index is 14.0. The second-order valence-corrected chi connectivity index (χ2v) is 13.7. The van der Waals surface area contributed by atoms with Gasteiger partial charge in [0.25, 0.3) is 0 Å². The Balaban J connectivity index is 1.31. The van der Waals surface area contributed by atoms with Crippen LogP contribution in [0.25, 0.3) is 6.08 Å². The molecule has 42 heavy (non-hydrogen) atoms. The predicted molar refractivity (Wildman–Crippen MR) is 158 cm³/mol. The van der Waals surface area contributed by atoms with E-state index in [0.29, 0.717) is 37.2 Å². The Morgan fingerprint density at radius 1 is 1.07 bits per heavy atom. The van der Waals surface area contributed by atoms with Crippen LogP contribution in [-0.4, -0.2) is 73.1 Å². The molecule has 0 unspecified atom stereocenters. The van der Waals surface area contributed by atoms with Gasteiger partial charge in [0.1, 0.15) is 6.10 Å². The third kappa shape index (κ3) is 3.66. The Labute approximate surface area is 246 Å². The molecule has 1 saturated heterocycles. The van der Waals surface area contributed by atoms with E-state index in [0.717, 1.165) is 16.7 Å². The molecule has 2 heterocycles. The standard InChI is InChI=1S/C33H34N2O6S/c1-34(28(36)16-13-22-9-5-3-6-10-22)25-17-18-33(37)27-21-23-14-15-26(40-2)30-29(23)32(33,31(25)41-30)19-20-35(27)42(38,39)24-11-7-4-8-12-24/h3-16,25,27,31,37H,17-21H2,1-2H3/b16-13-/t25-,27-,31+,32+,33-/m1/s1. The number of aliphatic hydroxyl groups is 1. The number of amides is 1. The Kier molecular flexibility index (Phi) is 6.27. The fraction of sp³-hybridized carbons (Fsp3) is 0.364. The summed E-state index contributed by atoms with van der Waals surface area (Å²) in [5, 5.41) is 12.8. The second kappa shape index (κ2) is 9.69. The lowest BCUT2D eigenvalue weighted by Crippen LogP contribution is -2.78. The first-order valence-corrected chi connectivity index (χ1v) is 15.8. The van der Waals surface area contributed by atoms with Gasteiger partial charge >= 0.3 is 0 Å². The van der Waals surface area contributed by atoms with E-state index in [4.69, 9.17) is 9.47 Å². The summed E-state index contributed by atoms with van der Waals surface area (Å²) in [7, 11) is -0.490. The fourth-order valence-electron chi connectivity index (χ4n) is 8.06. The normalized spacial score (nSPS) is 29.5. The number of methoxy groups -OCH3 is 1. The molecular formula is C33H34N2O6S. The summed E-state index contributed by atoms with van der Waals surface area (Å²) in [6, 6.07) is 20.9. The van der Waals surface area contributed by atoms with Crippen molar-refractivity contribution in [3.63, 3.8) is 0 Å². The van der Waals surface area contributed by atoms with E-state index in [9.17, 15) is 18.3 Å². The molecule has 0 aromatic heterocycles. The van der Waals surface area contributed by atoms with Crippen molar-refractivity contribution in [2.45, 2.75) is 59.8 Å². The summed E-state index contributed by atoms with van der Waals surface area (Å²) in [5.74, 6) is 1.02. The molecule has 8 nitrogen and oxygen atoms in total. The minimum atomic E-state index is -3.86. The van der Waals surface area contributed by atoms with Crippen LogP contribution in [0.4, 0.5) is 0 Å². The maximum atomic E-state index is 14.0. The van der Waals surface area contributed by atoms with Gasteiger partial charge in [0.15, 0.2) is 11.5 Å². The molecule has 9 heteroatoms. The van der Waals surface area contributed by atoms with E-state index in [1.165, 1.54) is 4.31 Å². The molecule has 7 rings (SSSR count). The van der Waals surface area contributed by atoms with Gasteiger partial charge in [-0.25, -0.2) is 8.42 Å². The minimum absolute atomic E-state index is 0.158. The summed E-state index contributed by atoms with van der Waals surface area (Å²) < 4.78 is 41.9. The average molecular weight is 587 g/mol. The number of hydrogen-bond acceptors (Lipinski definition) is 6. The zero-order valence-electron chi connectivity index (χ0n) is 23.6. The number of nitrogens with zero attached hydrogens (tertiary/aromatic N) is 2. The van der Waals surface area contributed by atoms with Crippen LogP contribution in [0.1, 0.15) is 36.0 Å². The zero-order valence-corrected chi connectivity index (χ0v) is 24.5. The third-order valence-corrected chi connectivity index (χ3v) is 11.9. The minimum Gasteiger partial charge on any atom is -0.493 e. The van der Waals surface area contributed by atoms with E-state index in [2.05, 4.69) is 0 Å². The molecule has 2 bridgehead atoms. The topological polar surface area (TPSA) is 96.4 Å². The molecule has 2 aliphatic carbocycles. The molecular weight excluding hydrogens is 552 g/mol. The number of piperidine rings is 1. The van der Waals surface area contributed by atoms with Crippen molar-refractivity contribution in [1.29, 1.82) is 0 Å². The van der Waals surface area contributed by atoms with Crippen molar-refractivity contribution in [2.24, 2.45) is 0 Å². The van der Waals surface area contributed by atoms with Gasteiger partial charge in [-0.3, -0.25) is 4.79 Å². The number of likely N-dealkylation sites (N-methyl/N-ethyl adjacent to an activating group) is 1. The van der Waals surface area contributed by atoms with Crippen molar-refractivity contribution < 1.29 is 27.8 Å². The first-order valence-electron chi connectivity index (χ1n) is 14.4. The molecule has 4 aliphatic rings. The highest BCUT2D eigenvalue weighted by molar-refractivity contribution is 7.89. The van der Waals surface area contributed by atoms with Crippen molar-refractivity contribution in [2.75, 3.05) is 20.7 Å². The molecule has 2 aliphatic heterocycles. The van der Waals surface area contributed by atoms with Gasteiger partial charge in [-0.05, 0) is 61.1 Å². The number of ether oxygens (including phenoxy) is 2. The Bertz CT molecular complexity index is 1680. The van der Waals surface area contributed by atoms with Gasteiger partial charge in [-0.2, -0.15) is 4.31 Å². The molecule has 1 spiro atoms. The number of carbonyl (C=O) groups excluding carboxylic acids is 1. The zero-order chi connectivity index (χ0) is 29.3. The summed E-state index contributed by atoms with van der Waals surface area (Å²) in [4.78, 5) is 15.4. The maximum Gasteiger partial charge on any atom is 0.246 e. The fourth-order valence-corrected chi connectivity index (χ4v) is 9.74. The van der Waals surface area contributed by atoms with E-state index >= 15 is 0 Å². The lowest BCUT2D eigenvalue weighted by molar-refractivity contribution is -0.186. The molecule has 3 aromatic rings. The average Bonchev–Trinajstić information content (AvgIpc) is 3.35. The first-order chi connectivity index (χ1) is 20.2. The van der Waals surface area contributed by atoms with Gasteiger partial charge in [0, 0.05) is 25.2 Å². The highest BCUT2D eigenvalue weighted by Crippen LogP contribution is 2.66. The van der Waals surface area contributed by atoms with Crippen LogP contribution in [0.5, 0.6) is 11.5 Å². The van der Waals surface area contributed by atoms with Crippen LogP contribution < -0.4 is 9.47 Å². The van der Waals surface area contributed by atoms with Gasteiger partial charge < -0.3 is 19.5 Å². The summed E-state index contributed by atoms with van der Waals surface area (Å²) in [5.41, 5.74) is 0.514. The lowest BCUT2D eigenvalue weighted by Gasteiger charge is -2.64. The quantitative estimate of drug-likeness (QED) is 0.442. The Morgan fingerprint density at radius 2 is 1.79 bits per heavy atom.